The zero-order chi connectivity index (χ0) is 14.3. The molecule has 1 aliphatic rings. The molecule has 0 aromatic heterocycles. The summed E-state index contributed by atoms with van der Waals surface area (Å²) < 4.78 is 27.5. The van der Waals surface area contributed by atoms with Gasteiger partial charge in [-0.1, -0.05) is 0 Å². The van der Waals surface area contributed by atoms with Gasteiger partial charge in [0.25, 0.3) is 0 Å². The largest absolute Gasteiger partial charge is 0.307 e. The Morgan fingerprint density at radius 3 is 2.50 bits per heavy atom. The molecular weight excluding hydrogens is 375 g/mol. The summed E-state index contributed by atoms with van der Waals surface area (Å²) in [5.74, 6) is -1.31. The Labute approximate surface area is 128 Å². The number of hydrogen-bond acceptors (Lipinski definition) is 1. The molecule has 0 saturated carbocycles. The van der Waals surface area contributed by atoms with Gasteiger partial charge in [0, 0.05) is 15.3 Å². The number of amides is 1. The number of benzene rings is 2. The lowest BCUT2D eigenvalue weighted by molar-refractivity contribution is -0.117. The average molecular weight is 385 g/mol. The van der Waals surface area contributed by atoms with Crippen molar-refractivity contribution < 1.29 is 13.6 Å². The molecule has 102 valence electrons. The van der Waals surface area contributed by atoms with E-state index in [0.717, 1.165) is 20.9 Å². The van der Waals surface area contributed by atoms with Crippen molar-refractivity contribution in [3.8, 4) is 0 Å². The molecule has 0 fully saturated rings. The van der Waals surface area contributed by atoms with Gasteiger partial charge in [0.15, 0.2) is 0 Å². The first-order chi connectivity index (χ1) is 9.52. The fourth-order valence-electron chi connectivity index (χ4n) is 2.41. The zero-order valence-corrected chi connectivity index (χ0v) is 12.5. The van der Waals surface area contributed by atoms with Crippen LogP contribution in [0.25, 0.3) is 0 Å². The van der Waals surface area contributed by atoms with Crippen LogP contribution in [-0.2, 0) is 17.8 Å². The highest BCUT2D eigenvalue weighted by Crippen LogP contribution is 2.31. The predicted molar refractivity (Wildman–Crippen MR) is 80.4 cm³/mol. The van der Waals surface area contributed by atoms with E-state index in [4.69, 9.17) is 0 Å². The summed E-state index contributed by atoms with van der Waals surface area (Å²) in [4.78, 5) is 13.6. The van der Waals surface area contributed by atoms with Crippen LogP contribution in [0.4, 0.5) is 14.5 Å². The highest BCUT2D eigenvalue weighted by molar-refractivity contribution is 14.1. The SMILES string of the molecule is O=C1Cc2cc(I)ccc2N1Cc1cc(F)cc(F)c1. The molecule has 1 amide bonds. The maximum absolute atomic E-state index is 13.2. The minimum Gasteiger partial charge on any atom is -0.307 e. The molecular formula is C15H10F2INO. The monoisotopic (exact) mass is 385 g/mol. The fourth-order valence-corrected chi connectivity index (χ4v) is 2.97. The van der Waals surface area contributed by atoms with Crippen molar-refractivity contribution in [3.05, 3.63) is 62.7 Å². The quantitative estimate of drug-likeness (QED) is 0.723. The van der Waals surface area contributed by atoms with E-state index in [1.807, 2.05) is 18.2 Å². The van der Waals surface area contributed by atoms with E-state index in [1.54, 1.807) is 4.90 Å². The van der Waals surface area contributed by atoms with Crippen LogP contribution in [0, 0.1) is 15.2 Å². The van der Waals surface area contributed by atoms with Gasteiger partial charge in [0.1, 0.15) is 11.6 Å². The smallest absolute Gasteiger partial charge is 0.231 e. The van der Waals surface area contributed by atoms with Crippen molar-refractivity contribution in [2.24, 2.45) is 0 Å². The molecule has 0 bridgehead atoms. The highest BCUT2D eigenvalue weighted by atomic mass is 127. The molecule has 0 radical (unpaired) electrons. The van der Waals surface area contributed by atoms with Crippen LogP contribution in [0.5, 0.6) is 0 Å². The molecule has 1 aliphatic heterocycles. The van der Waals surface area contributed by atoms with Crippen LogP contribution in [-0.4, -0.2) is 5.91 Å². The Morgan fingerprint density at radius 2 is 1.80 bits per heavy atom. The van der Waals surface area contributed by atoms with E-state index >= 15 is 0 Å². The van der Waals surface area contributed by atoms with Crippen molar-refractivity contribution in [2.45, 2.75) is 13.0 Å². The lowest BCUT2D eigenvalue weighted by Gasteiger charge is -2.17. The molecule has 0 N–H and O–H groups in total. The Morgan fingerprint density at radius 1 is 1.10 bits per heavy atom. The summed E-state index contributed by atoms with van der Waals surface area (Å²) in [5, 5.41) is 0. The average Bonchev–Trinajstić information content (AvgIpc) is 2.64. The minimum absolute atomic E-state index is 0.0494. The zero-order valence-electron chi connectivity index (χ0n) is 10.4. The van der Waals surface area contributed by atoms with E-state index in [0.29, 0.717) is 12.0 Å². The summed E-state index contributed by atoms with van der Waals surface area (Å²) in [6.07, 6.45) is 0.337. The standard InChI is InChI=1S/C15H10F2INO/c16-11-3-9(4-12(17)7-11)8-19-14-2-1-13(18)5-10(14)6-15(19)20/h1-5,7H,6,8H2. The van der Waals surface area contributed by atoms with Crippen molar-refractivity contribution in [1.82, 2.24) is 0 Å². The van der Waals surface area contributed by atoms with E-state index in [1.165, 1.54) is 12.1 Å². The fraction of sp³-hybridized carbons (Fsp3) is 0.133. The number of halogens is 3. The van der Waals surface area contributed by atoms with Crippen LogP contribution in [0.3, 0.4) is 0 Å². The molecule has 5 heteroatoms. The summed E-state index contributed by atoms with van der Waals surface area (Å²) in [6.45, 7) is 0.182. The number of carbonyl (C=O) groups excluding carboxylic acids is 1. The molecule has 2 nitrogen and oxygen atoms in total. The Bertz CT molecular complexity index is 682. The Hall–Kier alpha value is -1.50. The summed E-state index contributed by atoms with van der Waals surface area (Å²) in [7, 11) is 0. The molecule has 2 aromatic carbocycles. The molecule has 20 heavy (non-hydrogen) atoms. The van der Waals surface area contributed by atoms with E-state index in [2.05, 4.69) is 22.6 Å². The topological polar surface area (TPSA) is 20.3 Å². The van der Waals surface area contributed by atoms with Crippen molar-refractivity contribution >= 4 is 34.2 Å². The molecule has 0 spiro atoms. The van der Waals surface area contributed by atoms with Crippen LogP contribution in [0.2, 0.25) is 0 Å². The molecule has 1 heterocycles. The third kappa shape index (κ3) is 2.54. The van der Waals surface area contributed by atoms with Crippen molar-refractivity contribution in [2.75, 3.05) is 4.90 Å². The van der Waals surface area contributed by atoms with Crippen LogP contribution in [0.15, 0.2) is 36.4 Å². The third-order valence-corrected chi connectivity index (χ3v) is 3.91. The maximum atomic E-state index is 13.2. The molecule has 2 aromatic rings. The molecule has 3 rings (SSSR count). The van der Waals surface area contributed by atoms with Gasteiger partial charge in [-0.3, -0.25) is 4.79 Å². The van der Waals surface area contributed by atoms with Crippen molar-refractivity contribution in [1.29, 1.82) is 0 Å². The number of rotatable bonds is 2. The van der Waals surface area contributed by atoms with Crippen LogP contribution < -0.4 is 4.90 Å². The second-order valence-corrected chi connectivity index (χ2v) is 5.95. The number of nitrogens with zero attached hydrogens (tertiary/aromatic N) is 1. The third-order valence-electron chi connectivity index (χ3n) is 3.24. The minimum atomic E-state index is -0.630. The summed E-state index contributed by atoms with van der Waals surface area (Å²) in [5.41, 5.74) is 2.22. The van der Waals surface area contributed by atoms with Gasteiger partial charge in [-0.2, -0.15) is 0 Å². The summed E-state index contributed by atoms with van der Waals surface area (Å²) in [6, 6.07) is 9.07. The predicted octanol–water partition coefficient (Wildman–Crippen LogP) is 3.66. The molecule has 0 atom stereocenters. The van der Waals surface area contributed by atoms with Gasteiger partial charge in [0.05, 0.1) is 13.0 Å². The van der Waals surface area contributed by atoms with Crippen molar-refractivity contribution in [3.63, 3.8) is 0 Å². The van der Waals surface area contributed by atoms with Gasteiger partial charge < -0.3 is 4.90 Å². The van der Waals surface area contributed by atoms with Gasteiger partial charge in [0.2, 0.25) is 5.91 Å². The van der Waals surface area contributed by atoms with E-state index < -0.39 is 11.6 Å². The number of hydrogen-bond donors (Lipinski definition) is 0. The van der Waals surface area contributed by atoms with Crippen LogP contribution >= 0.6 is 22.6 Å². The maximum Gasteiger partial charge on any atom is 0.231 e. The molecule has 0 unspecified atom stereocenters. The summed E-state index contributed by atoms with van der Waals surface area (Å²) >= 11 is 2.19. The van der Waals surface area contributed by atoms with Gasteiger partial charge in [-0.15, -0.1) is 0 Å². The van der Waals surface area contributed by atoms with Crippen LogP contribution in [0.1, 0.15) is 11.1 Å². The highest BCUT2D eigenvalue weighted by Gasteiger charge is 2.27. The number of fused-ring (bicyclic) bond motifs is 1. The molecule has 0 saturated heterocycles. The Balaban J connectivity index is 1.94. The Kier molecular flexibility index (Phi) is 3.45. The first-order valence-corrected chi connectivity index (χ1v) is 7.14. The number of carbonyl (C=O) groups is 1. The lowest BCUT2D eigenvalue weighted by Crippen LogP contribution is -2.26. The lowest BCUT2D eigenvalue weighted by atomic mass is 10.1. The van der Waals surface area contributed by atoms with Gasteiger partial charge in [-0.05, 0) is 64.0 Å². The first-order valence-electron chi connectivity index (χ1n) is 6.07. The second kappa shape index (κ2) is 5.12. The van der Waals surface area contributed by atoms with E-state index in [-0.39, 0.29) is 12.5 Å². The van der Waals surface area contributed by atoms with Gasteiger partial charge in [-0.25, -0.2) is 8.78 Å². The van der Waals surface area contributed by atoms with Gasteiger partial charge >= 0.3 is 0 Å². The second-order valence-electron chi connectivity index (χ2n) is 4.71. The first kappa shape index (κ1) is 13.5. The number of anilines is 1. The van der Waals surface area contributed by atoms with E-state index in [9.17, 15) is 13.6 Å². The molecule has 0 aliphatic carbocycles. The normalized spacial score (nSPS) is 13.8.